The first-order chi connectivity index (χ1) is 17.4. The first-order valence-corrected chi connectivity index (χ1v) is 14.0. The van der Waals surface area contributed by atoms with Gasteiger partial charge in [-0.25, -0.2) is 4.99 Å². The summed E-state index contributed by atoms with van der Waals surface area (Å²) >= 11 is 7.21. The van der Waals surface area contributed by atoms with Gasteiger partial charge in [0.1, 0.15) is 12.4 Å². The Labute approximate surface area is 236 Å². The number of ether oxygens (including phenoxy) is 1. The second kappa shape index (κ2) is 10.8. The van der Waals surface area contributed by atoms with Crippen LogP contribution in [0.5, 0.6) is 5.75 Å². The van der Waals surface area contributed by atoms with Gasteiger partial charge in [0.05, 0.1) is 14.2 Å². The lowest BCUT2D eigenvalue weighted by Gasteiger charge is -2.11. The Morgan fingerprint density at radius 1 is 1.03 bits per heavy atom. The number of aliphatic imine (C=N–C) groups is 1. The minimum Gasteiger partial charge on any atom is -0.488 e. The number of carbonyl (C=O) groups is 1. The topological polar surface area (TPSA) is 50.7 Å². The predicted molar refractivity (Wildman–Crippen MR) is 162 cm³/mol. The molecule has 0 spiro atoms. The van der Waals surface area contributed by atoms with Crippen molar-refractivity contribution in [3.8, 4) is 5.75 Å². The summed E-state index contributed by atoms with van der Waals surface area (Å²) in [6.07, 6.45) is 1.89. The van der Waals surface area contributed by atoms with Gasteiger partial charge in [0.15, 0.2) is 5.17 Å². The molecule has 1 amide bonds. The molecular weight excluding hydrogens is 647 g/mol. The highest BCUT2D eigenvalue weighted by molar-refractivity contribution is 14.1. The molecule has 1 N–H and O–H groups in total. The Hall–Kier alpha value is -2.62. The van der Waals surface area contributed by atoms with Gasteiger partial charge in [-0.05, 0) is 112 Å². The van der Waals surface area contributed by atoms with Gasteiger partial charge >= 0.3 is 0 Å². The van der Waals surface area contributed by atoms with Crippen molar-refractivity contribution in [3.05, 3.63) is 108 Å². The van der Waals surface area contributed by atoms with E-state index in [2.05, 4.69) is 79.2 Å². The molecule has 0 radical (unpaired) electrons. The van der Waals surface area contributed by atoms with Gasteiger partial charge < -0.3 is 10.1 Å². The maximum atomic E-state index is 12.6. The number of amides is 1. The molecule has 4 aromatic carbocycles. The number of thioether (sulfide) groups is 1. The van der Waals surface area contributed by atoms with Crippen molar-refractivity contribution in [2.24, 2.45) is 4.99 Å². The van der Waals surface area contributed by atoms with Gasteiger partial charge in [-0.15, -0.1) is 0 Å². The first-order valence-electron chi connectivity index (χ1n) is 11.3. The quantitative estimate of drug-likeness (QED) is 0.172. The molecule has 1 aliphatic heterocycles. The second-order valence-electron chi connectivity index (χ2n) is 8.49. The minimum absolute atomic E-state index is 0.143. The fraction of sp³-hybridized carbons (Fsp3) is 0.103. The number of benzene rings is 4. The van der Waals surface area contributed by atoms with Crippen molar-refractivity contribution in [2.75, 3.05) is 0 Å². The lowest BCUT2D eigenvalue weighted by molar-refractivity contribution is -0.115. The zero-order valence-corrected chi connectivity index (χ0v) is 24.2. The fourth-order valence-electron chi connectivity index (χ4n) is 4.03. The zero-order chi connectivity index (χ0) is 25.2. The number of nitrogens with zero attached hydrogens (tertiary/aromatic N) is 1. The first kappa shape index (κ1) is 25.0. The second-order valence-corrected chi connectivity index (χ2v) is 11.5. The molecule has 0 aromatic heterocycles. The molecule has 1 heterocycles. The Balaban J connectivity index is 1.30. The third kappa shape index (κ3) is 5.53. The Bertz CT molecular complexity index is 1540. The van der Waals surface area contributed by atoms with Crippen LogP contribution in [0.15, 0.2) is 87.2 Å². The summed E-state index contributed by atoms with van der Waals surface area (Å²) in [4.78, 5) is 17.8. The highest BCUT2D eigenvalue weighted by Gasteiger charge is 2.24. The molecule has 0 saturated carbocycles. The number of fused-ring (bicyclic) bond motifs is 1. The number of amidine groups is 1. The van der Waals surface area contributed by atoms with E-state index < -0.39 is 0 Å². The summed E-state index contributed by atoms with van der Waals surface area (Å²) in [5.41, 5.74) is 5.12. The lowest BCUT2D eigenvalue weighted by atomic mass is 10.1. The highest BCUT2D eigenvalue weighted by Crippen LogP contribution is 2.32. The molecule has 1 aliphatic rings. The van der Waals surface area contributed by atoms with Crippen molar-refractivity contribution in [1.29, 1.82) is 0 Å². The third-order valence-electron chi connectivity index (χ3n) is 5.82. The number of nitrogens with one attached hydrogen (secondary N) is 1. The van der Waals surface area contributed by atoms with Gasteiger partial charge in [-0.2, -0.15) is 0 Å². The number of halogens is 2. The average molecular weight is 669 g/mol. The molecule has 1 fully saturated rings. The van der Waals surface area contributed by atoms with E-state index in [1.807, 2.05) is 62.4 Å². The molecular formula is C29H22BrIN2O2S. The summed E-state index contributed by atoms with van der Waals surface area (Å²) < 4.78 is 8.22. The van der Waals surface area contributed by atoms with Crippen LogP contribution < -0.4 is 10.1 Å². The van der Waals surface area contributed by atoms with E-state index in [9.17, 15) is 4.79 Å². The number of hydrogen-bond donors (Lipinski definition) is 1. The van der Waals surface area contributed by atoms with Crippen molar-refractivity contribution in [2.45, 2.75) is 20.5 Å². The molecule has 180 valence electrons. The monoisotopic (exact) mass is 668 g/mol. The summed E-state index contributed by atoms with van der Waals surface area (Å²) in [7, 11) is 0. The fourth-order valence-corrected chi connectivity index (χ4v) is 5.80. The maximum absolute atomic E-state index is 12.6. The van der Waals surface area contributed by atoms with E-state index in [1.54, 1.807) is 0 Å². The molecule has 1 saturated heterocycles. The highest BCUT2D eigenvalue weighted by atomic mass is 127. The van der Waals surface area contributed by atoms with E-state index in [0.717, 1.165) is 41.7 Å². The largest absolute Gasteiger partial charge is 0.488 e. The van der Waals surface area contributed by atoms with Crippen LogP contribution in [0.3, 0.4) is 0 Å². The van der Waals surface area contributed by atoms with Crippen LogP contribution in [0.4, 0.5) is 5.69 Å². The van der Waals surface area contributed by atoms with E-state index in [4.69, 9.17) is 4.74 Å². The Kier molecular flexibility index (Phi) is 7.50. The summed E-state index contributed by atoms with van der Waals surface area (Å²) in [6, 6.07) is 24.5. The van der Waals surface area contributed by atoms with Crippen LogP contribution in [0, 0.1) is 17.4 Å². The predicted octanol–water partition coefficient (Wildman–Crippen LogP) is 8.29. The Morgan fingerprint density at radius 2 is 1.78 bits per heavy atom. The van der Waals surface area contributed by atoms with E-state index in [0.29, 0.717) is 16.7 Å². The zero-order valence-electron chi connectivity index (χ0n) is 19.6. The molecule has 0 aliphatic carbocycles. The molecule has 4 nitrogen and oxygen atoms in total. The average Bonchev–Trinajstić information content (AvgIpc) is 3.20. The van der Waals surface area contributed by atoms with Crippen LogP contribution in [0.2, 0.25) is 0 Å². The summed E-state index contributed by atoms with van der Waals surface area (Å²) in [5.74, 6) is 0.674. The minimum atomic E-state index is -0.143. The van der Waals surface area contributed by atoms with E-state index >= 15 is 0 Å². The van der Waals surface area contributed by atoms with Gasteiger partial charge in [0.2, 0.25) is 0 Å². The maximum Gasteiger partial charge on any atom is 0.264 e. The van der Waals surface area contributed by atoms with Crippen LogP contribution in [0.25, 0.3) is 16.8 Å². The third-order valence-corrected chi connectivity index (χ3v) is 8.82. The smallest absolute Gasteiger partial charge is 0.264 e. The summed E-state index contributed by atoms with van der Waals surface area (Å²) in [5, 5.41) is 5.86. The standard InChI is InChI=1S/C29H22BrIN2O2S/c1-17-12-22(13-18(2)27(17)30)32-29-33-28(34)26(36-29)15-19-10-11-25(24(31)14-19)35-16-21-8-5-7-20-6-3-4-9-23(20)21/h3-15H,16H2,1-2H3,(H,32,33,34)/b26-15-. The van der Waals surface area contributed by atoms with E-state index in [1.165, 1.54) is 22.5 Å². The molecule has 5 rings (SSSR count). The molecule has 0 unspecified atom stereocenters. The van der Waals surface area contributed by atoms with Crippen molar-refractivity contribution in [3.63, 3.8) is 0 Å². The van der Waals surface area contributed by atoms with Gasteiger partial charge in [-0.3, -0.25) is 4.79 Å². The van der Waals surface area contributed by atoms with Gasteiger partial charge in [-0.1, -0.05) is 64.5 Å². The number of aryl methyl sites for hydroxylation is 2. The van der Waals surface area contributed by atoms with Gasteiger partial charge in [0.25, 0.3) is 5.91 Å². The van der Waals surface area contributed by atoms with Crippen LogP contribution in [-0.4, -0.2) is 11.1 Å². The SMILES string of the molecule is Cc1cc(N=C2NC(=O)/C(=C/c3ccc(OCc4cccc5ccccc45)c(I)c3)S2)cc(C)c1Br. The van der Waals surface area contributed by atoms with Crippen molar-refractivity contribution in [1.82, 2.24) is 5.32 Å². The normalized spacial score (nSPS) is 15.6. The molecule has 36 heavy (non-hydrogen) atoms. The Morgan fingerprint density at radius 3 is 2.56 bits per heavy atom. The lowest BCUT2D eigenvalue weighted by Crippen LogP contribution is -2.19. The number of hydrogen-bond acceptors (Lipinski definition) is 4. The summed E-state index contributed by atoms with van der Waals surface area (Å²) in [6.45, 7) is 4.55. The van der Waals surface area contributed by atoms with Gasteiger partial charge in [0, 0.05) is 4.47 Å². The van der Waals surface area contributed by atoms with Crippen LogP contribution in [-0.2, 0) is 11.4 Å². The van der Waals surface area contributed by atoms with Crippen molar-refractivity contribution >= 4 is 83.9 Å². The number of carbonyl (C=O) groups excluding carboxylic acids is 1. The van der Waals surface area contributed by atoms with Crippen LogP contribution in [0.1, 0.15) is 22.3 Å². The number of rotatable bonds is 5. The molecule has 0 bridgehead atoms. The molecule has 4 aromatic rings. The van der Waals surface area contributed by atoms with Crippen molar-refractivity contribution < 1.29 is 9.53 Å². The van der Waals surface area contributed by atoms with Crippen LogP contribution >= 0.6 is 50.3 Å². The molecule has 7 heteroatoms. The van der Waals surface area contributed by atoms with E-state index in [-0.39, 0.29) is 5.91 Å². The molecule has 0 atom stereocenters.